The lowest BCUT2D eigenvalue weighted by molar-refractivity contribution is -0.0454. The summed E-state index contributed by atoms with van der Waals surface area (Å²) < 4.78 is 16.5. The molecule has 1 saturated heterocycles. The van der Waals surface area contributed by atoms with Crippen LogP contribution < -0.4 is 4.74 Å². The molecule has 0 amide bonds. The van der Waals surface area contributed by atoms with Crippen LogP contribution in [0.15, 0.2) is 48.5 Å². The first-order chi connectivity index (χ1) is 9.38. The highest BCUT2D eigenvalue weighted by atomic mass is 16.7. The Kier molecular flexibility index (Phi) is 3.49. The van der Waals surface area contributed by atoms with Crippen LogP contribution in [-0.2, 0) is 9.47 Å². The van der Waals surface area contributed by atoms with Crippen LogP contribution in [0.3, 0.4) is 0 Å². The second-order valence-corrected chi connectivity index (χ2v) is 4.40. The third-order valence-electron chi connectivity index (χ3n) is 3.21. The maximum Gasteiger partial charge on any atom is 0.187 e. The first kappa shape index (κ1) is 12.2. The molecule has 3 heteroatoms. The molecule has 0 N–H and O–H groups in total. The molecule has 3 rings (SSSR count). The van der Waals surface area contributed by atoms with Gasteiger partial charge in [0.15, 0.2) is 6.29 Å². The van der Waals surface area contributed by atoms with Crippen molar-refractivity contribution in [2.75, 3.05) is 20.3 Å². The number of hydrogen-bond donors (Lipinski definition) is 0. The van der Waals surface area contributed by atoms with Crippen LogP contribution in [0.2, 0.25) is 0 Å². The summed E-state index contributed by atoms with van der Waals surface area (Å²) in [6.45, 7) is 1.26. The molecule has 0 spiro atoms. The average molecular weight is 256 g/mol. The Morgan fingerprint density at radius 3 is 2.37 bits per heavy atom. The van der Waals surface area contributed by atoms with Crippen LogP contribution in [-0.4, -0.2) is 20.3 Å². The molecule has 0 unspecified atom stereocenters. The maximum absolute atomic E-state index is 5.57. The zero-order chi connectivity index (χ0) is 13.1. The van der Waals surface area contributed by atoms with E-state index in [9.17, 15) is 0 Å². The summed E-state index contributed by atoms with van der Waals surface area (Å²) in [5.74, 6) is 0.798. The molecule has 1 aliphatic rings. The van der Waals surface area contributed by atoms with Gasteiger partial charge in [0.2, 0.25) is 0 Å². The largest absolute Gasteiger partial charge is 0.496 e. The highest BCUT2D eigenvalue weighted by Gasteiger charge is 2.22. The van der Waals surface area contributed by atoms with Gasteiger partial charge in [0.1, 0.15) is 5.75 Å². The Hall–Kier alpha value is -1.84. The molecule has 0 saturated carbocycles. The van der Waals surface area contributed by atoms with Gasteiger partial charge in [0.05, 0.1) is 25.9 Å². The van der Waals surface area contributed by atoms with Gasteiger partial charge in [0.25, 0.3) is 0 Å². The van der Waals surface area contributed by atoms with E-state index in [1.54, 1.807) is 7.11 Å². The Morgan fingerprint density at radius 2 is 1.68 bits per heavy atom. The molecule has 3 nitrogen and oxygen atoms in total. The molecule has 0 radical (unpaired) electrons. The van der Waals surface area contributed by atoms with Gasteiger partial charge in [0, 0.05) is 0 Å². The van der Waals surface area contributed by atoms with Crippen molar-refractivity contribution in [3.63, 3.8) is 0 Å². The third-order valence-corrected chi connectivity index (χ3v) is 3.21. The van der Waals surface area contributed by atoms with Gasteiger partial charge < -0.3 is 14.2 Å². The van der Waals surface area contributed by atoms with E-state index in [2.05, 4.69) is 18.2 Å². The van der Waals surface area contributed by atoms with Gasteiger partial charge in [-0.1, -0.05) is 36.4 Å². The second-order valence-electron chi connectivity index (χ2n) is 4.40. The van der Waals surface area contributed by atoms with Crippen molar-refractivity contribution in [2.24, 2.45) is 0 Å². The van der Waals surface area contributed by atoms with Gasteiger partial charge in [-0.05, 0) is 23.3 Å². The van der Waals surface area contributed by atoms with E-state index in [1.165, 1.54) is 5.56 Å². The number of benzene rings is 2. The number of ether oxygens (including phenoxy) is 3. The average Bonchev–Trinajstić information content (AvgIpc) is 3.01. The quantitative estimate of drug-likeness (QED) is 0.842. The molecule has 2 aromatic rings. The highest BCUT2D eigenvalue weighted by Crippen LogP contribution is 2.34. The SMILES string of the molecule is COc1ccc(-c2ccccc2)cc1C1OCCO1. The predicted octanol–water partition coefficient (Wildman–Crippen LogP) is 3.41. The normalized spacial score (nSPS) is 15.6. The summed E-state index contributed by atoms with van der Waals surface area (Å²) in [7, 11) is 1.66. The van der Waals surface area contributed by atoms with Crippen LogP contribution in [0, 0.1) is 0 Å². The van der Waals surface area contributed by atoms with E-state index in [1.807, 2.05) is 30.3 Å². The van der Waals surface area contributed by atoms with E-state index in [0.717, 1.165) is 16.9 Å². The summed E-state index contributed by atoms with van der Waals surface area (Å²) in [5, 5.41) is 0. The molecule has 1 aliphatic heterocycles. The standard InChI is InChI=1S/C16H16O3/c1-17-15-8-7-13(12-5-3-2-4-6-12)11-14(15)16-18-9-10-19-16/h2-8,11,16H,9-10H2,1H3. The van der Waals surface area contributed by atoms with Crippen LogP contribution in [0.4, 0.5) is 0 Å². The van der Waals surface area contributed by atoms with E-state index in [-0.39, 0.29) is 6.29 Å². The van der Waals surface area contributed by atoms with Crippen molar-refractivity contribution in [2.45, 2.75) is 6.29 Å². The Labute approximate surface area is 112 Å². The Balaban J connectivity index is 2.01. The van der Waals surface area contributed by atoms with Crippen molar-refractivity contribution in [3.8, 4) is 16.9 Å². The number of rotatable bonds is 3. The second kappa shape index (κ2) is 5.43. The first-order valence-electron chi connectivity index (χ1n) is 6.35. The molecule has 0 aromatic heterocycles. The molecule has 1 fully saturated rings. The van der Waals surface area contributed by atoms with Gasteiger partial charge in [-0.2, -0.15) is 0 Å². The van der Waals surface area contributed by atoms with Crippen molar-refractivity contribution in [1.82, 2.24) is 0 Å². The minimum atomic E-state index is -0.321. The van der Waals surface area contributed by atoms with Gasteiger partial charge >= 0.3 is 0 Å². The van der Waals surface area contributed by atoms with Gasteiger partial charge in [-0.15, -0.1) is 0 Å². The van der Waals surface area contributed by atoms with E-state index in [4.69, 9.17) is 14.2 Å². The lowest BCUT2D eigenvalue weighted by atomic mass is 10.0. The molecule has 0 aliphatic carbocycles. The van der Waals surface area contributed by atoms with Crippen LogP contribution >= 0.6 is 0 Å². The van der Waals surface area contributed by atoms with Crippen molar-refractivity contribution in [3.05, 3.63) is 54.1 Å². The zero-order valence-corrected chi connectivity index (χ0v) is 10.8. The molecule has 2 aromatic carbocycles. The summed E-state index contributed by atoms with van der Waals surface area (Å²) in [5.41, 5.74) is 3.25. The molecule has 1 heterocycles. The Bertz CT molecular complexity index is 545. The van der Waals surface area contributed by atoms with Crippen LogP contribution in [0.25, 0.3) is 11.1 Å². The number of hydrogen-bond acceptors (Lipinski definition) is 3. The van der Waals surface area contributed by atoms with Crippen molar-refractivity contribution in [1.29, 1.82) is 0 Å². The third kappa shape index (κ3) is 2.48. The molecule has 19 heavy (non-hydrogen) atoms. The fourth-order valence-corrected chi connectivity index (χ4v) is 2.27. The molecular formula is C16H16O3. The van der Waals surface area contributed by atoms with Gasteiger partial charge in [-0.3, -0.25) is 0 Å². The molecular weight excluding hydrogens is 240 g/mol. The topological polar surface area (TPSA) is 27.7 Å². The predicted molar refractivity (Wildman–Crippen MR) is 73.1 cm³/mol. The van der Waals surface area contributed by atoms with Gasteiger partial charge in [-0.25, -0.2) is 0 Å². The smallest absolute Gasteiger partial charge is 0.187 e. The van der Waals surface area contributed by atoms with E-state index >= 15 is 0 Å². The van der Waals surface area contributed by atoms with Crippen LogP contribution in [0.1, 0.15) is 11.9 Å². The molecule has 0 bridgehead atoms. The summed E-state index contributed by atoms with van der Waals surface area (Å²) in [6.07, 6.45) is -0.321. The molecule has 0 atom stereocenters. The molecule has 98 valence electrons. The summed E-state index contributed by atoms with van der Waals surface area (Å²) in [4.78, 5) is 0. The van der Waals surface area contributed by atoms with Crippen LogP contribution in [0.5, 0.6) is 5.75 Å². The lowest BCUT2D eigenvalue weighted by Gasteiger charge is -2.15. The summed E-state index contributed by atoms with van der Waals surface area (Å²) in [6, 6.07) is 16.3. The van der Waals surface area contributed by atoms with E-state index < -0.39 is 0 Å². The van der Waals surface area contributed by atoms with Crippen molar-refractivity contribution < 1.29 is 14.2 Å². The number of methoxy groups -OCH3 is 1. The highest BCUT2D eigenvalue weighted by molar-refractivity contribution is 5.65. The van der Waals surface area contributed by atoms with Crippen molar-refractivity contribution >= 4 is 0 Å². The Morgan fingerprint density at radius 1 is 0.947 bits per heavy atom. The monoisotopic (exact) mass is 256 g/mol. The fraction of sp³-hybridized carbons (Fsp3) is 0.250. The van der Waals surface area contributed by atoms with E-state index in [0.29, 0.717) is 13.2 Å². The summed E-state index contributed by atoms with van der Waals surface area (Å²) >= 11 is 0. The minimum Gasteiger partial charge on any atom is -0.496 e. The minimum absolute atomic E-state index is 0.321. The fourth-order valence-electron chi connectivity index (χ4n) is 2.27. The lowest BCUT2D eigenvalue weighted by Crippen LogP contribution is -2.01. The zero-order valence-electron chi connectivity index (χ0n) is 10.8. The first-order valence-corrected chi connectivity index (χ1v) is 6.35. The maximum atomic E-state index is 5.57.